The van der Waals surface area contributed by atoms with Gasteiger partial charge in [-0.3, -0.25) is 4.72 Å². The molecular weight excluding hydrogens is 338 g/mol. The SMILES string of the molecule is Cc1ccc(Cl)cc1NS(=O)(=O)c1ccc(CCC(=O)[O-])cc1. The third kappa shape index (κ3) is 4.71. The number of rotatable bonds is 6. The molecule has 0 aromatic heterocycles. The van der Waals surface area contributed by atoms with E-state index in [4.69, 9.17) is 11.6 Å². The molecule has 0 atom stereocenters. The first-order valence-electron chi connectivity index (χ1n) is 6.86. The Morgan fingerprint density at radius 1 is 1.17 bits per heavy atom. The van der Waals surface area contributed by atoms with E-state index < -0.39 is 16.0 Å². The number of carbonyl (C=O) groups is 1. The second-order valence-corrected chi connectivity index (χ2v) is 7.20. The molecule has 0 aliphatic carbocycles. The maximum absolute atomic E-state index is 12.4. The topological polar surface area (TPSA) is 86.3 Å². The highest BCUT2D eigenvalue weighted by Crippen LogP contribution is 2.23. The molecule has 2 aromatic rings. The van der Waals surface area contributed by atoms with Crippen molar-refractivity contribution in [3.63, 3.8) is 0 Å². The Bertz CT molecular complexity index is 816. The Balaban J connectivity index is 2.19. The third-order valence-electron chi connectivity index (χ3n) is 3.30. The molecule has 0 aliphatic rings. The zero-order valence-electron chi connectivity index (χ0n) is 12.4. The maximum Gasteiger partial charge on any atom is 0.261 e. The number of nitrogens with one attached hydrogen (secondary N) is 1. The number of aliphatic carboxylic acids is 1. The molecule has 2 rings (SSSR count). The van der Waals surface area contributed by atoms with E-state index in [1.165, 1.54) is 12.1 Å². The van der Waals surface area contributed by atoms with Crippen LogP contribution in [0.3, 0.4) is 0 Å². The van der Waals surface area contributed by atoms with E-state index in [1.54, 1.807) is 37.3 Å². The van der Waals surface area contributed by atoms with Crippen LogP contribution in [0.1, 0.15) is 17.5 Å². The highest BCUT2D eigenvalue weighted by Gasteiger charge is 2.15. The summed E-state index contributed by atoms with van der Waals surface area (Å²) in [7, 11) is -3.74. The summed E-state index contributed by atoms with van der Waals surface area (Å²) >= 11 is 5.88. The van der Waals surface area contributed by atoms with Crippen molar-refractivity contribution in [2.75, 3.05) is 4.72 Å². The van der Waals surface area contributed by atoms with Crippen LogP contribution in [0, 0.1) is 6.92 Å². The van der Waals surface area contributed by atoms with Gasteiger partial charge in [0.05, 0.1) is 10.6 Å². The molecule has 0 amide bonds. The fraction of sp³-hybridized carbons (Fsp3) is 0.188. The summed E-state index contributed by atoms with van der Waals surface area (Å²) in [6.45, 7) is 1.78. The van der Waals surface area contributed by atoms with E-state index in [0.29, 0.717) is 17.1 Å². The first kappa shape index (κ1) is 17.3. The first-order valence-corrected chi connectivity index (χ1v) is 8.72. The Morgan fingerprint density at radius 2 is 1.83 bits per heavy atom. The predicted molar refractivity (Wildman–Crippen MR) is 86.8 cm³/mol. The van der Waals surface area contributed by atoms with Gasteiger partial charge in [0.15, 0.2) is 0 Å². The van der Waals surface area contributed by atoms with Crippen LogP contribution >= 0.6 is 11.6 Å². The minimum Gasteiger partial charge on any atom is -0.550 e. The van der Waals surface area contributed by atoms with Crippen molar-refractivity contribution < 1.29 is 18.3 Å². The van der Waals surface area contributed by atoms with Gasteiger partial charge in [-0.05, 0) is 55.2 Å². The Hall–Kier alpha value is -2.05. The Morgan fingerprint density at radius 3 is 2.43 bits per heavy atom. The molecule has 0 spiro atoms. The number of carboxylic acid groups (broad SMARTS) is 1. The molecule has 0 radical (unpaired) electrons. The van der Waals surface area contributed by atoms with Gasteiger partial charge in [0.2, 0.25) is 0 Å². The van der Waals surface area contributed by atoms with Crippen LogP contribution in [0.5, 0.6) is 0 Å². The number of aryl methyl sites for hydroxylation is 2. The van der Waals surface area contributed by atoms with Crippen LogP contribution in [-0.2, 0) is 21.2 Å². The molecule has 0 saturated carbocycles. The average Bonchev–Trinajstić information content (AvgIpc) is 2.49. The quantitative estimate of drug-likeness (QED) is 0.862. The Labute approximate surface area is 140 Å². The predicted octanol–water partition coefficient (Wildman–Crippen LogP) is 2.13. The lowest BCUT2D eigenvalue weighted by Gasteiger charge is -2.11. The maximum atomic E-state index is 12.4. The number of hydrogen-bond donors (Lipinski definition) is 1. The van der Waals surface area contributed by atoms with Gasteiger partial charge in [0.25, 0.3) is 10.0 Å². The summed E-state index contributed by atoms with van der Waals surface area (Å²) in [5.74, 6) is -1.14. The van der Waals surface area contributed by atoms with Gasteiger partial charge in [0, 0.05) is 11.0 Å². The van der Waals surface area contributed by atoms with Gasteiger partial charge in [-0.15, -0.1) is 0 Å². The number of hydrogen-bond acceptors (Lipinski definition) is 4. The zero-order chi connectivity index (χ0) is 17.0. The lowest BCUT2D eigenvalue weighted by molar-refractivity contribution is -0.305. The average molecular weight is 353 g/mol. The third-order valence-corrected chi connectivity index (χ3v) is 4.91. The van der Waals surface area contributed by atoms with E-state index in [1.807, 2.05) is 0 Å². The van der Waals surface area contributed by atoms with Crippen molar-refractivity contribution in [1.29, 1.82) is 0 Å². The number of carbonyl (C=O) groups excluding carboxylic acids is 1. The molecule has 0 saturated heterocycles. The molecule has 1 N–H and O–H groups in total. The minimum atomic E-state index is -3.74. The van der Waals surface area contributed by atoms with Crippen molar-refractivity contribution in [2.24, 2.45) is 0 Å². The van der Waals surface area contributed by atoms with Crippen molar-refractivity contribution in [3.8, 4) is 0 Å². The number of anilines is 1. The second kappa shape index (κ2) is 7.02. The lowest BCUT2D eigenvalue weighted by Crippen LogP contribution is -2.22. The summed E-state index contributed by atoms with van der Waals surface area (Å²) in [6, 6.07) is 11.0. The molecule has 122 valence electrons. The zero-order valence-corrected chi connectivity index (χ0v) is 13.9. The molecule has 5 nitrogen and oxygen atoms in total. The molecule has 0 bridgehead atoms. The second-order valence-electron chi connectivity index (χ2n) is 5.08. The van der Waals surface area contributed by atoms with E-state index in [2.05, 4.69) is 4.72 Å². The summed E-state index contributed by atoms with van der Waals surface area (Å²) in [5, 5.41) is 10.9. The van der Waals surface area contributed by atoms with E-state index >= 15 is 0 Å². The summed E-state index contributed by atoms with van der Waals surface area (Å²) in [6.07, 6.45) is 0.190. The number of halogens is 1. The van der Waals surface area contributed by atoms with Crippen molar-refractivity contribution in [2.45, 2.75) is 24.7 Å². The fourth-order valence-corrected chi connectivity index (χ4v) is 3.28. The molecule has 0 aliphatic heterocycles. The smallest absolute Gasteiger partial charge is 0.261 e. The normalized spacial score (nSPS) is 11.2. The molecular formula is C16H15ClNO4S-. The highest BCUT2D eigenvalue weighted by atomic mass is 35.5. The number of sulfonamides is 1. The van der Waals surface area contributed by atoms with Crippen LogP contribution in [0.2, 0.25) is 5.02 Å². The number of carboxylic acids is 1. The van der Waals surface area contributed by atoms with Crippen molar-refractivity contribution >= 4 is 33.3 Å². The van der Waals surface area contributed by atoms with Gasteiger partial charge in [-0.2, -0.15) is 0 Å². The minimum absolute atomic E-state index is 0.0917. The van der Waals surface area contributed by atoms with Gasteiger partial charge in [-0.25, -0.2) is 8.42 Å². The van der Waals surface area contributed by atoms with Gasteiger partial charge in [-0.1, -0.05) is 29.8 Å². The van der Waals surface area contributed by atoms with Crippen molar-refractivity contribution in [1.82, 2.24) is 0 Å². The highest BCUT2D eigenvalue weighted by molar-refractivity contribution is 7.92. The van der Waals surface area contributed by atoms with E-state index in [-0.39, 0.29) is 11.3 Å². The van der Waals surface area contributed by atoms with E-state index in [9.17, 15) is 18.3 Å². The van der Waals surface area contributed by atoms with Gasteiger partial charge < -0.3 is 9.90 Å². The fourth-order valence-electron chi connectivity index (χ4n) is 1.99. The van der Waals surface area contributed by atoms with Gasteiger partial charge in [0.1, 0.15) is 0 Å². The van der Waals surface area contributed by atoms with Crippen molar-refractivity contribution in [3.05, 3.63) is 58.6 Å². The summed E-state index contributed by atoms with van der Waals surface area (Å²) < 4.78 is 27.3. The van der Waals surface area contributed by atoms with E-state index in [0.717, 1.165) is 11.1 Å². The molecule has 23 heavy (non-hydrogen) atoms. The summed E-state index contributed by atoms with van der Waals surface area (Å²) in [4.78, 5) is 10.5. The van der Waals surface area contributed by atoms with Gasteiger partial charge >= 0.3 is 0 Å². The van der Waals surface area contributed by atoms with Crippen LogP contribution in [0.15, 0.2) is 47.4 Å². The molecule has 0 fully saturated rings. The van der Waals surface area contributed by atoms with Crippen LogP contribution in [0.4, 0.5) is 5.69 Å². The standard InChI is InChI=1S/C16H16ClNO4S/c1-11-2-6-13(17)10-15(11)18-23(21,22)14-7-3-12(4-8-14)5-9-16(19)20/h2-4,6-8,10,18H,5,9H2,1H3,(H,19,20)/p-1. The monoisotopic (exact) mass is 352 g/mol. The first-order chi connectivity index (χ1) is 10.8. The largest absolute Gasteiger partial charge is 0.550 e. The van der Waals surface area contributed by atoms with Crippen LogP contribution < -0.4 is 9.83 Å². The molecule has 7 heteroatoms. The van der Waals surface area contributed by atoms with Crippen LogP contribution in [-0.4, -0.2) is 14.4 Å². The molecule has 0 unspecified atom stereocenters. The van der Waals surface area contributed by atoms with Crippen LogP contribution in [0.25, 0.3) is 0 Å². The number of benzene rings is 2. The Kier molecular flexibility index (Phi) is 5.28. The molecule has 0 heterocycles. The molecule has 2 aromatic carbocycles. The summed E-state index contributed by atoms with van der Waals surface area (Å²) in [5.41, 5.74) is 1.90. The lowest BCUT2D eigenvalue weighted by atomic mass is 10.1.